The lowest BCUT2D eigenvalue weighted by Crippen LogP contribution is -2.60. The topological polar surface area (TPSA) is 460 Å². The van der Waals surface area contributed by atoms with Crippen molar-refractivity contribution in [2.45, 2.75) is 178 Å². The van der Waals surface area contributed by atoms with Gasteiger partial charge < -0.3 is 75.9 Å². The van der Waals surface area contributed by atoms with Gasteiger partial charge in [0, 0.05) is 31.8 Å². The van der Waals surface area contributed by atoms with Gasteiger partial charge in [-0.3, -0.25) is 62.3 Å². The first-order valence-corrected chi connectivity index (χ1v) is 25.4. The molecule has 420 valence electrons. The molecule has 2 saturated heterocycles. The van der Waals surface area contributed by atoms with E-state index in [1.54, 1.807) is 0 Å². The van der Waals surface area contributed by atoms with Crippen molar-refractivity contribution in [2.24, 2.45) is 34.6 Å². The lowest BCUT2D eigenvalue weighted by Gasteiger charge is -2.31. The van der Waals surface area contributed by atoms with Crippen molar-refractivity contribution in [2.75, 3.05) is 6.54 Å². The highest BCUT2D eigenvalue weighted by atomic mass is 16.3. The number of carbonyl (C=O) groups excluding carboxylic acids is 13. The summed E-state index contributed by atoms with van der Waals surface area (Å²) in [4.78, 5) is 175. The second-order valence-corrected chi connectivity index (χ2v) is 19.7. The van der Waals surface area contributed by atoms with Gasteiger partial charge in [0.25, 0.3) is 0 Å². The Balaban J connectivity index is 2.17. The number of aromatic hydroxyl groups is 1. The van der Waals surface area contributed by atoms with E-state index in [0.717, 1.165) is 37.0 Å². The van der Waals surface area contributed by atoms with E-state index < -0.39 is 170 Å². The molecule has 0 saturated carbocycles. The van der Waals surface area contributed by atoms with Crippen molar-refractivity contribution in [3.05, 3.63) is 29.8 Å². The SMILES string of the molecule is CC(C)CCCCCCCCC1CC(=O)N[C@@H](CC(N)=O)C(=O)N[C@@H](Cc2ccc(O)cc2)C(=O)N[C@H](CC(N)=O)C(=O)N[C@H](CCC(N)=O)C(=O)N2CCC[C@H]2C(=O)N[C@@H](CC(N)=O)C(=O)N[C@@H](CC(N)=O)C(=O)N1. The van der Waals surface area contributed by atoms with Gasteiger partial charge in [-0.05, 0) is 49.3 Å². The van der Waals surface area contributed by atoms with Crippen LogP contribution >= 0.6 is 0 Å². The summed E-state index contributed by atoms with van der Waals surface area (Å²) in [6.45, 7) is 4.16. The highest BCUT2D eigenvalue weighted by molar-refractivity contribution is 6.00. The molecule has 0 spiro atoms. The van der Waals surface area contributed by atoms with E-state index in [1.807, 2.05) is 0 Å². The van der Waals surface area contributed by atoms with Gasteiger partial charge in [0.05, 0.1) is 25.7 Å². The molecule has 2 heterocycles. The van der Waals surface area contributed by atoms with Crippen LogP contribution in [0.25, 0.3) is 0 Å². The summed E-state index contributed by atoms with van der Waals surface area (Å²) < 4.78 is 0. The van der Waals surface area contributed by atoms with Gasteiger partial charge in [-0.1, -0.05) is 70.9 Å². The quantitative estimate of drug-likeness (QED) is 0.0497. The fourth-order valence-electron chi connectivity index (χ4n) is 8.78. The van der Waals surface area contributed by atoms with Gasteiger partial charge >= 0.3 is 0 Å². The summed E-state index contributed by atoms with van der Waals surface area (Å²) in [7, 11) is 0. The Bertz CT molecular complexity index is 2280. The fourth-order valence-corrected chi connectivity index (χ4v) is 8.78. The summed E-state index contributed by atoms with van der Waals surface area (Å²) in [6, 6.07) is -7.63. The highest BCUT2D eigenvalue weighted by Gasteiger charge is 2.41. The Kier molecular flexibility index (Phi) is 25.6. The minimum absolute atomic E-state index is 0.0203. The number of amides is 13. The molecule has 0 aliphatic carbocycles. The van der Waals surface area contributed by atoms with Crippen LogP contribution < -0.4 is 65.9 Å². The van der Waals surface area contributed by atoms with Gasteiger partial charge in [-0.25, -0.2) is 0 Å². The molecule has 27 nitrogen and oxygen atoms in total. The molecular weight excluding hydrogens is 995 g/mol. The number of nitrogens with one attached hydrogen (secondary N) is 7. The van der Waals surface area contributed by atoms with Crippen LogP contribution in [0.5, 0.6) is 5.75 Å². The first kappa shape index (κ1) is 62.4. The van der Waals surface area contributed by atoms with Gasteiger partial charge in [-0.15, -0.1) is 0 Å². The van der Waals surface area contributed by atoms with Crippen molar-refractivity contribution in [1.82, 2.24) is 42.1 Å². The number of nitrogens with zero attached hydrogens (tertiary/aromatic N) is 1. The third-order valence-corrected chi connectivity index (χ3v) is 12.7. The molecule has 2 fully saturated rings. The molecule has 1 unspecified atom stereocenters. The zero-order chi connectivity index (χ0) is 56.6. The summed E-state index contributed by atoms with van der Waals surface area (Å²) in [5, 5.41) is 26.9. The number of phenolic OH excluding ortho intramolecular Hbond substituents is 1. The molecule has 27 heteroatoms. The van der Waals surface area contributed by atoms with Gasteiger partial charge in [0.1, 0.15) is 48.0 Å². The maximum Gasteiger partial charge on any atom is 0.245 e. The van der Waals surface area contributed by atoms with Crippen LogP contribution in [0.1, 0.15) is 129 Å². The average molecular weight is 1070 g/mol. The summed E-state index contributed by atoms with van der Waals surface area (Å²) in [6.07, 6.45) is 1.03. The summed E-state index contributed by atoms with van der Waals surface area (Å²) in [5.41, 5.74) is 27.7. The predicted octanol–water partition coefficient (Wildman–Crippen LogP) is -3.73. The maximum atomic E-state index is 14.3. The Morgan fingerprint density at radius 2 is 0.974 bits per heavy atom. The second kappa shape index (κ2) is 31.1. The van der Waals surface area contributed by atoms with E-state index in [2.05, 4.69) is 51.1 Å². The van der Waals surface area contributed by atoms with Gasteiger partial charge in [0.15, 0.2) is 0 Å². The van der Waals surface area contributed by atoms with Crippen LogP contribution in [0.3, 0.4) is 0 Å². The number of nitrogens with two attached hydrogens (primary N) is 5. The number of primary amides is 5. The number of hydrogen-bond donors (Lipinski definition) is 13. The molecule has 2 aliphatic rings. The van der Waals surface area contributed by atoms with Crippen molar-refractivity contribution < 1.29 is 67.4 Å². The molecule has 3 rings (SSSR count). The number of rotatable bonds is 22. The predicted molar refractivity (Wildman–Crippen MR) is 270 cm³/mol. The van der Waals surface area contributed by atoms with Crippen LogP contribution in [-0.4, -0.2) is 142 Å². The molecule has 0 aromatic heterocycles. The Hall–Kier alpha value is -7.87. The second-order valence-electron chi connectivity index (χ2n) is 19.7. The van der Waals surface area contributed by atoms with Crippen LogP contribution in [0.2, 0.25) is 0 Å². The van der Waals surface area contributed by atoms with Crippen LogP contribution in [0, 0.1) is 5.92 Å². The third-order valence-electron chi connectivity index (χ3n) is 12.7. The van der Waals surface area contributed by atoms with Gasteiger partial charge in [-0.2, -0.15) is 0 Å². The number of carbonyl (C=O) groups is 13. The fraction of sp³-hybridized carbons (Fsp3) is 0.612. The molecule has 1 aromatic carbocycles. The molecule has 0 bridgehead atoms. The number of phenols is 1. The van der Waals surface area contributed by atoms with E-state index in [0.29, 0.717) is 24.3 Å². The van der Waals surface area contributed by atoms with Gasteiger partial charge in [0.2, 0.25) is 76.8 Å². The molecule has 13 amide bonds. The maximum absolute atomic E-state index is 14.3. The molecule has 76 heavy (non-hydrogen) atoms. The monoisotopic (exact) mass is 1070 g/mol. The lowest BCUT2D eigenvalue weighted by molar-refractivity contribution is -0.143. The van der Waals surface area contributed by atoms with Crippen molar-refractivity contribution in [1.29, 1.82) is 0 Å². The zero-order valence-corrected chi connectivity index (χ0v) is 43.0. The zero-order valence-electron chi connectivity index (χ0n) is 43.0. The van der Waals surface area contributed by atoms with E-state index in [1.165, 1.54) is 24.3 Å². The van der Waals surface area contributed by atoms with Crippen LogP contribution in [0.15, 0.2) is 24.3 Å². The summed E-state index contributed by atoms with van der Waals surface area (Å²) in [5.74, 6) is -13.4. The smallest absolute Gasteiger partial charge is 0.245 e. The Labute approximate surface area is 439 Å². The number of fused-ring (bicyclic) bond motifs is 1. The average Bonchev–Trinajstić information content (AvgIpc) is 3.82. The van der Waals surface area contributed by atoms with E-state index in [9.17, 15) is 67.4 Å². The third kappa shape index (κ3) is 22.3. The van der Waals surface area contributed by atoms with E-state index in [-0.39, 0.29) is 38.0 Å². The van der Waals surface area contributed by atoms with E-state index in [4.69, 9.17) is 28.7 Å². The molecule has 0 radical (unpaired) electrons. The summed E-state index contributed by atoms with van der Waals surface area (Å²) >= 11 is 0. The first-order chi connectivity index (χ1) is 35.8. The first-order valence-electron chi connectivity index (χ1n) is 25.4. The molecular formula is C49H75N13O14. The van der Waals surface area contributed by atoms with Crippen molar-refractivity contribution in [3.8, 4) is 5.75 Å². The number of hydrogen-bond acceptors (Lipinski definition) is 14. The largest absolute Gasteiger partial charge is 0.508 e. The Morgan fingerprint density at radius 3 is 1.47 bits per heavy atom. The minimum Gasteiger partial charge on any atom is -0.508 e. The minimum atomic E-state index is -1.87. The highest BCUT2D eigenvalue weighted by Crippen LogP contribution is 2.21. The van der Waals surface area contributed by atoms with Crippen molar-refractivity contribution in [3.63, 3.8) is 0 Å². The normalized spacial score (nSPS) is 23.8. The van der Waals surface area contributed by atoms with E-state index >= 15 is 0 Å². The van der Waals surface area contributed by atoms with Crippen LogP contribution in [0.4, 0.5) is 0 Å². The standard InChI is InChI=1S/C49H75N13O14/c1-26(2)10-7-5-3-4-6-8-11-28-21-42(69)56-32(22-38(51)65)45(72)58-31(20-27-13-15-29(63)16-14-27)44(71)60-34(24-40(53)67)46(73)57-30(17-18-37(50)64)49(76)62-19-9-12-36(62)48(75)61-35(25-41(54)68)47(74)59-33(23-39(52)66)43(70)55-28/h13-16,26,28,30-36,63H,3-12,17-25H2,1-2H3,(H2,50,64)(H2,51,65)(H2,52,66)(H2,53,67)(H2,54,68)(H,55,70)(H,56,69)(H,57,73)(H,58,72)(H,59,74)(H,60,71)(H,61,75)/t28?,30-,31+,32+,33+,34-,35+,36+/m1/s1. The molecule has 1 aromatic rings. The number of unbranched alkanes of at least 4 members (excludes halogenated alkanes) is 5. The number of benzene rings is 1. The Morgan fingerprint density at radius 1 is 0.539 bits per heavy atom. The molecule has 8 atom stereocenters. The van der Waals surface area contributed by atoms with Crippen LogP contribution in [-0.2, 0) is 68.7 Å². The van der Waals surface area contributed by atoms with Crippen molar-refractivity contribution >= 4 is 76.8 Å². The molecule has 2 aliphatic heterocycles. The molecule has 18 N–H and O–H groups in total. The lowest BCUT2D eigenvalue weighted by atomic mass is 10.0.